The Kier molecular flexibility index (Phi) is 1.54. The standard InChI is InChI=1S/C3H7N3S/c4-1-6-3-7-2-5-6/h2H,1,3-4H2. The van der Waals surface area contributed by atoms with Crippen LogP contribution in [0.1, 0.15) is 0 Å². The molecule has 1 heterocycles. The monoisotopic (exact) mass is 117 g/mol. The maximum atomic E-state index is 5.23. The molecule has 0 aliphatic carbocycles. The summed E-state index contributed by atoms with van der Waals surface area (Å²) in [6, 6.07) is 0. The van der Waals surface area contributed by atoms with Crippen LogP contribution in [0, 0.1) is 0 Å². The van der Waals surface area contributed by atoms with E-state index in [4.69, 9.17) is 5.73 Å². The van der Waals surface area contributed by atoms with Crippen molar-refractivity contribution >= 4 is 17.3 Å². The smallest absolute Gasteiger partial charge is 0.0886 e. The van der Waals surface area contributed by atoms with E-state index in [1.165, 1.54) is 0 Å². The highest BCUT2D eigenvalue weighted by atomic mass is 32.2. The Hall–Kier alpha value is -0.220. The van der Waals surface area contributed by atoms with Gasteiger partial charge in [-0.15, -0.1) is 0 Å². The van der Waals surface area contributed by atoms with E-state index in [1.807, 2.05) is 0 Å². The molecule has 0 spiro atoms. The molecule has 0 atom stereocenters. The Morgan fingerprint density at radius 1 is 2.00 bits per heavy atom. The minimum absolute atomic E-state index is 0.531. The van der Waals surface area contributed by atoms with E-state index in [2.05, 4.69) is 5.10 Å². The van der Waals surface area contributed by atoms with E-state index in [1.54, 1.807) is 22.3 Å². The fourth-order valence-electron chi connectivity index (χ4n) is 0.353. The third-order valence-electron chi connectivity index (χ3n) is 0.719. The first-order valence-corrected chi connectivity index (χ1v) is 3.07. The molecule has 0 aromatic heterocycles. The third-order valence-corrected chi connectivity index (χ3v) is 1.41. The maximum Gasteiger partial charge on any atom is 0.0886 e. The highest BCUT2D eigenvalue weighted by Gasteiger charge is 2.00. The first kappa shape index (κ1) is 4.93. The van der Waals surface area contributed by atoms with Crippen molar-refractivity contribution in [1.82, 2.24) is 5.01 Å². The number of hydrazone groups is 1. The van der Waals surface area contributed by atoms with Gasteiger partial charge in [-0.25, -0.2) is 0 Å². The molecule has 40 valence electrons. The van der Waals surface area contributed by atoms with Gasteiger partial charge in [0.1, 0.15) is 0 Å². The number of hydrogen-bond donors (Lipinski definition) is 1. The van der Waals surface area contributed by atoms with E-state index in [0.717, 1.165) is 5.88 Å². The van der Waals surface area contributed by atoms with Gasteiger partial charge < -0.3 is 5.73 Å². The lowest BCUT2D eigenvalue weighted by Crippen LogP contribution is -2.21. The zero-order valence-electron chi connectivity index (χ0n) is 3.87. The third kappa shape index (κ3) is 1.07. The summed E-state index contributed by atoms with van der Waals surface area (Å²) in [6.45, 7) is 0.531. The van der Waals surface area contributed by atoms with E-state index in [-0.39, 0.29) is 0 Å². The van der Waals surface area contributed by atoms with Gasteiger partial charge in [0.15, 0.2) is 0 Å². The fraction of sp³-hybridized carbons (Fsp3) is 0.667. The zero-order chi connectivity index (χ0) is 5.11. The van der Waals surface area contributed by atoms with Gasteiger partial charge >= 0.3 is 0 Å². The van der Waals surface area contributed by atoms with Crippen molar-refractivity contribution < 1.29 is 0 Å². The van der Waals surface area contributed by atoms with Gasteiger partial charge in [-0.05, 0) is 0 Å². The van der Waals surface area contributed by atoms with Gasteiger partial charge in [0.2, 0.25) is 0 Å². The summed E-state index contributed by atoms with van der Waals surface area (Å²) < 4.78 is 0. The maximum absolute atomic E-state index is 5.23. The topological polar surface area (TPSA) is 41.6 Å². The molecule has 4 heteroatoms. The second-order valence-electron chi connectivity index (χ2n) is 1.21. The SMILES string of the molecule is NCN1CSC=N1. The van der Waals surface area contributed by atoms with Crippen molar-refractivity contribution in [2.75, 3.05) is 12.5 Å². The Bertz CT molecular complexity index is 82.2. The molecule has 3 nitrogen and oxygen atoms in total. The number of rotatable bonds is 1. The Morgan fingerprint density at radius 3 is 3.14 bits per heavy atom. The molecule has 0 saturated carbocycles. The number of hydrogen-bond acceptors (Lipinski definition) is 4. The molecule has 0 aromatic carbocycles. The quantitative estimate of drug-likeness (QED) is 0.519. The van der Waals surface area contributed by atoms with Crippen LogP contribution in [0.3, 0.4) is 0 Å². The molecule has 2 N–H and O–H groups in total. The average molecular weight is 117 g/mol. The molecule has 0 bridgehead atoms. The minimum atomic E-state index is 0.531. The molecule has 0 radical (unpaired) electrons. The van der Waals surface area contributed by atoms with E-state index in [0.29, 0.717) is 6.67 Å². The van der Waals surface area contributed by atoms with Gasteiger partial charge in [0, 0.05) is 0 Å². The van der Waals surface area contributed by atoms with Gasteiger partial charge in [0.05, 0.1) is 18.1 Å². The van der Waals surface area contributed by atoms with Crippen molar-refractivity contribution in [2.45, 2.75) is 0 Å². The van der Waals surface area contributed by atoms with Crippen LogP contribution in [-0.4, -0.2) is 23.1 Å². The largest absolute Gasteiger partial charge is 0.313 e. The van der Waals surface area contributed by atoms with E-state index in [9.17, 15) is 0 Å². The molecule has 1 aliphatic heterocycles. The minimum Gasteiger partial charge on any atom is -0.313 e. The van der Waals surface area contributed by atoms with Crippen LogP contribution in [0.25, 0.3) is 0 Å². The molecule has 0 saturated heterocycles. The molecular formula is C3H7N3S. The van der Waals surface area contributed by atoms with Crippen LogP contribution < -0.4 is 5.73 Å². The van der Waals surface area contributed by atoms with Crippen LogP contribution in [0.2, 0.25) is 0 Å². The summed E-state index contributed by atoms with van der Waals surface area (Å²) >= 11 is 1.66. The van der Waals surface area contributed by atoms with Crippen molar-refractivity contribution in [3.63, 3.8) is 0 Å². The van der Waals surface area contributed by atoms with Crippen LogP contribution >= 0.6 is 11.8 Å². The van der Waals surface area contributed by atoms with Crippen LogP contribution in [0.4, 0.5) is 0 Å². The van der Waals surface area contributed by atoms with E-state index < -0.39 is 0 Å². The first-order chi connectivity index (χ1) is 3.43. The van der Waals surface area contributed by atoms with Gasteiger partial charge in [-0.1, -0.05) is 11.8 Å². The van der Waals surface area contributed by atoms with Crippen molar-refractivity contribution in [2.24, 2.45) is 10.8 Å². The van der Waals surface area contributed by atoms with Crippen molar-refractivity contribution in [1.29, 1.82) is 0 Å². The number of thioether (sulfide) groups is 1. The van der Waals surface area contributed by atoms with Crippen LogP contribution in [-0.2, 0) is 0 Å². The zero-order valence-corrected chi connectivity index (χ0v) is 4.69. The first-order valence-electron chi connectivity index (χ1n) is 2.02. The lowest BCUT2D eigenvalue weighted by molar-refractivity contribution is 0.360. The molecule has 0 fully saturated rings. The summed E-state index contributed by atoms with van der Waals surface area (Å²) in [5.74, 6) is 0.913. The average Bonchev–Trinajstić information content (AvgIpc) is 2.14. The second-order valence-corrected chi connectivity index (χ2v) is 2.01. The molecule has 0 amide bonds. The molecule has 1 aliphatic rings. The molecule has 0 aromatic rings. The predicted molar refractivity (Wildman–Crippen MR) is 31.8 cm³/mol. The Morgan fingerprint density at radius 2 is 2.86 bits per heavy atom. The normalized spacial score (nSPS) is 18.7. The number of nitrogens with two attached hydrogens (primary N) is 1. The van der Waals surface area contributed by atoms with Crippen LogP contribution in [0.5, 0.6) is 0 Å². The number of nitrogens with zero attached hydrogens (tertiary/aromatic N) is 2. The van der Waals surface area contributed by atoms with E-state index >= 15 is 0 Å². The van der Waals surface area contributed by atoms with Crippen LogP contribution in [0.15, 0.2) is 5.10 Å². The highest BCUT2D eigenvalue weighted by Crippen LogP contribution is 2.06. The lowest BCUT2D eigenvalue weighted by atomic mass is 11.0. The fourth-order valence-corrected chi connectivity index (χ4v) is 0.963. The summed E-state index contributed by atoms with van der Waals surface area (Å²) in [4.78, 5) is 0. The summed E-state index contributed by atoms with van der Waals surface area (Å²) in [5.41, 5.74) is 7.03. The molecular weight excluding hydrogens is 110 g/mol. The Balaban J connectivity index is 2.28. The predicted octanol–water partition coefficient (Wildman–Crippen LogP) is -0.148. The Labute approximate surface area is 46.6 Å². The van der Waals surface area contributed by atoms with Crippen molar-refractivity contribution in [3.05, 3.63) is 0 Å². The summed E-state index contributed by atoms with van der Waals surface area (Å²) in [5, 5.41) is 5.70. The van der Waals surface area contributed by atoms with Gasteiger partial charge in [0.25, 0.3) is 0 Å². The summed E-state index contributed by atoms with van der Waals surface area (Å²) in [7, 11) is 0. The summed E-state index contributed by atoms with van der Waals surface area (Å²) in [6.07, 6.45) is 0. The highest BCUT2D eigenvalue weighted by molar-refractivity contribution is 8.12. The van der Waals surface area contributed by atoms with Crippen molar-refractivity contribution in [3.8, 4) is 0 Å². The molecule has 7 heavy (non-hydrogen) atoms. The van der Waals surface area contributed by atoms with Gasteiger partial charge in [-0.3, -0.25) is 5.01 Å². The van der Waals surface area contributed by atoms with Gasteiger partial charge in [-0.2, -0.15) is 5.10 Å². The molecule has 1 rings (SSSR count). The second kappa shape index (κ2) is 2.18. The lowest BCUT2D eigenvalue weighted by Gasteiger charge is -2.06. The molecule has 0 unspecified atom stereocenters.